The summed E-state index contributed by atoms with van der Waals surface area (Å²) in [7, 11) is 0. The van der Waals surface area contributed by atoms with Crippen LogP contribution in [0, 0.1) is 0 Å². The summed E-state index contributed by atoms with van der Waals surface area (Å²) < 4.78 is 4.76. The lowest BCUT2D eigenvalue weighted by Gasteiger charge is -2.26. The molecule has 2 heterocycles. The zero-order chi connectivity index (χ0) is 10.3. The fourth-order valence-corrected chi connectivity index (χ4v) is 1.97. The predicted octanol–water partition coefficient (Wildman–Crippen LogP) is 1.25. The Labute approximate surface area is 90.6 Å². The number of nitrogens with zero attached hydrogens (tertiary/aromatic N) is 2. The van der Waals surface area contributed by atoms with Crippen molar-refractivity contribution in [2.24, 2.45) is 0 Å². The van der Waals surface area contributed by atoms with Crippen LogP contribution in [0.4, 0.5) is 0 Å². The van der Waals surface area contributed by atoms with Gasteiger partial charge in [0.2, 0.25) is 0 Å². The molecule has 0 radical (unpaired) electrons. The molecule has 2 rings (SSSR count). The van der Waals surface area contributed by atoms with Gasteiger partial charge < -0.3 is 14.7 Å². The minimum atomic E-state index is 0.858. The van der Waals surface area contributed by atoms with Crippen LogP contribution in [0.5, 0.6) is 0 Å². The zero-order valence-corrected chi connectivity index (χ0v) is 9.11. The van der Waals surface area contributed by atoms with Gasteiger partial charge in [-0.1, -0.05) is 11.6 Å². The maximum absolute atomic E-state index is 4.76. The number of rotatable bonds is 5. The van der Waals surface area contributed by atoms with Crippen LogP contribution in [0.15, 0.2) is 17.0 Å². The van der Waals surface area contributed by atoms with E-state index in [4.69, 9.17) is 4.52 Å². The fraction of sp³-hybridized carbons (Fsp3) is 0.727. The number of piperidine rings is 1. The molecule has 0 bridgehead atoms. The minimum absolute atomic E-state index is 0.858. The van der Waals surface area contributed by atoms with E-state index in [1.165, 1.54) is 32.4 Å². The second kappa shape index (κ2) is 5.88. The van der Waals surface area contributed by atoms with E-state index in [2.05, 4.69) is 15.4 Å². The average Bonchev–Trinajstić information content (AvgIpc) is 2.79. The van der Waals surface area contributed by atoms with Crippen LogP contribution in [-0.2, 0) is 6.54 Å². The van der Waals surface area contributed by atoms with Gasteiger partial charge in [-0.25, -0.2) is 0 Å². The Morgan fingerprint density at radius 3 is 2.93 bits per heavy atom. The Balaban J connectivity index is 1.54. The van der Waals surface area contributed by atoms with Crippen LogP contribution in [0.2, 0.25) is 0 Å². The van der Waals surface area contributed by atoms with Crippen molar-refractivity contribution in [3.05, 3.63) is 18.0 Å². The molecule has 0 aromatic carbocycles. The van der Waals surface area contributed by atoms with Gasteiger partial charge in [0.05, 0.1) is 6.20 Å². The molecule has 1 aliphatic heterocycles. The first-order valence-electron chi connectivity index (χ1n) is 5.76. The van der Waals surface area contributed by atoms with Gasteiger partial charge in [0, 0.05) is 25.2 Å². The Morgan fingerprint density at radius 1 is 1.33 bits per heavy atom. The summed E-state index contributed by atoms with van der Waals surface area (Å²) in [6.45, 7) is 5.61. The summed E-state index contributed by atoms with van der Waals surface area (Å²) in [4.78, 5) is 2.53. The molecule has 84 valence electrons. The molecule has 1 N–H and O–H groups in total. The topological polar surface area (TPSA) is 41.3 Å². The second-order valence-corrected chi connectivity index (χ2v) is 4.11. The van der Waals surface area contributed by atoms with Crippen LogP contribution in [-0.4, -0.2) is 36.2 Å². The number of likely N-dealkylation sites (tertiary alicyclic amines) is 1. The van der Waals surface area contributed by atoms with Crippen molar-refractivity contribution in [2.75, 3.05) is 26.2 Å². The fourth-order valence-electron chi connectivity index (χ4n) is 1.97. The van der Waals surface area contributed by atoms with Crippen LogP contribution in [0.25, 0.3) is 0 Å². The minimum Gasteiger partial charge on any atom is -0.364 e. The van der Waals surface area contributed by atoms with Gasteiger partial charge in [0.1, 0.15) is 6.26 Å². The Bertz CT molecular complexity index is 255. The highest BCUT2D eigenvalue weighted by atomic mass is 16.5. The van der Waals surface area contributed by atoms with E-state index >= 15 is 0 Å². The zero-order valence-electron chi connectivity index (χ0n) is 9.11. The maximum Gasteiger partial charge on any atom is 0.128 e. The van der Waals surface area contributed by atoms with E-state index < -0.39 is 0 Å². The lowest BCUT2D eigenvalue weighted by Crippen LogP contribution is -2.35. The third-order valence-corrected chi connectivity index (χ3v) is 2.87. The molecule has 0 aliphatic carbocycles. The molecular weight excluding hydrogens is 190 g/mol. The highest BCUT2D eigenvalue weighted by Gasteiger charge is 2.08. The molecule has 4 nitrogen and oxygen atoms in total. The number of hydrogen-bond donors (Lipinski definition) is 1. The normalized spacial score (nSPS) is 18.1. The van der Waals surface area contributed by atoms with E-state index in [-0.39, 0.29) is 0 Å². The smallest absolute Gasteiger partial charge is 0.128 e. The summed E-state index contributed by atoms with van der Waals surface area (Å²) in [5, 5.41) is 7.06. The first kappa shape index (κ1) is 10.6. The summed E-state index contributed by atoms with van der Waals surface area (Å²) >= 11 is 0. The van der Waals surface area contributed by atoms with E-state index in [1.807, 2.05) is 0 Å². The van der Waals surface area contributed by atoms with E-state index in [0.29, 0.717) is 0 Å². The van der Waals surface area contributed by atoms with E-state index in [1.54, 1.807) is 12.5 Å². The number of hydrogen-bond acceptors (Lipinski definition) is 4. The molecule has 4 heteroatoms. The molecule has 0 atom stereocenters. The Hall–Kier alpha value is -0.870. The van der Waals surface area contributed by atoms with Crippen molar-refractivity contribution >= 4 is 0 Å². The summed E-state index contributed by atoms with van der Waals surface area (Å²) in [6, 6.07) is 0. The van der Waals surface area contributed by atoms with Crippen LogP contribution >= 0.6 is 0 Å². The third kappa shape index (κ3) is 3.64. The van der Waals surface area contributed by atoms with E-state index in [9.17, 15) is 0 Å². The predicted molar refractivity (Wildman–Crippen MR) is 58.5 cm³/mol. The highest BCUT2D eigenvalue weighted by Crippen LogP contribution is 2.07. The van der Waals surface area contributed by atoms with Crippen molar-refractivity contribution in [1.82, 2.24) is 15.4 Å². The molecule has 15 heavy (non-hydrogen) atoms. The molecule has 1 fully saturated rings. The molecule has 1 aliphatic rings. The summed E-state index contributed by atoms with van der Waals surface area (Å²) in [6.07, 6.45) is 7.59. The van der Waals surface area contributed by atoms with Crippen molar-refractivity contribution in [2.45, 2.75) is 25.8 Å². The SMILES string of the molecule is c1nocc1CNCCN1CCCCC1. The van der Waals surface area contributed by atoms with Gasteiger partial charge >= 0.3 is 0 Å². The summed E-state index contributed by atoms with van der Waals surface area (Å²) in [5.74, 6) is 0. The molecule has 1 aromatic rings. The monoisotopic (exact) mass is 209 g/mol. The average molecular weight is 209 g/mol. The number of aromatic nitrogens is 1. The van der Waals surface area contributed by atoms with Gasteiger partial charge in [0.25, 0.3) is 0 Å². The quantitative estimate of drug-likeness (QED) is 0.741. The van der Waals surface area contributed by atoms with Crippen molar-refractivity contribution < 1.29 is 4.52 Å². The highest BCUT2D eigenvalue weighted by molar-refractivity contribution is 4.98. The van der Waals surface area contributed by atoms with Crippen molar-refractivity contribution in [1.29, 1.82) is 0 Å². The molecular formula is C11H19N3O. The van der Waals surface area contributed by atoms with Crippen molar-refractivity contribution in [3.8, 4) is 0 Å². The summed E-state index contributed by atoms with van der Waals surface area (Å²) in [5.41, 5.74) is 1.12. The van der Waals surface area contributed by atoms with Gasteiger partial charge in [-0.3, -0.25) is 0 Å². The first-order chi connectivity index (χ1) is 7.45. The number of nitrogens with one attached hydrogen (secondary N) is 1. The molecule has 1 saturated heterocycles. The molecule has 0 unspecified atom stereocenters. The van der Waals surface area contributed by atoms with Gasteiger partial charge in [-0.05, 0) is 25.9 Å². The third-order valence-electron chi connectivity index (χ3n) is 2.87. The lowest BCUT2D eigenvalue weighted by molar-refractivity contribution is 0.229. The van der Waals surface area contributed by atoms with Crippen LogP contribution in [0.1, 0.15) is 24.8 Å². The maximum atomic E-state index is 4.76. The lowest BCUT2D eigenvalue weighted by atomic mass is 10.1. The van der Waals surface area contributed by atoms with Gasteiger partial charge in [0.15, 0.2) is 0 Å². The molecule has 1 aromatic heterocycles. The van der Waals surface area contributed by atoms with Gasteiger partial charge in [-0.2, -0.15) is 0 Å². The second-order valence-electron chi connectivity index (χ2n) is 4.11. The molecule has 0 amide bonds. The van der Waals surface area contributed by atoms with Crippen LogP contribution in [0.3, 0.4) is 0 Å². The van der Waals surface area contributed by atoms with Crippen LogP contribution < -0.4 is 5.32 Å². The van der Waals surface area contributed by atoms with Crippen molar-refractivity contribution in [3.63, 3.8) is 0 Å². The first-order valence-corrected chi connectivity index (χ1v) is 5.76. The molecule has 0 saturated carbocycles. The Kier molecular flexibility index (Phi) is 4.17. The van der Waals surface area contributed by atoms with Gasteiger partial charge in [-0.15, -0.1) is 0 Å². The largest absolute Gasteiger partial charge is 0.364 e. The van der Waals surface area contributed by atoms with E-state index in [0.717, 1.165) is 25.2 Å². The molecule has 0 spiro atoms. The Morgan fingerprint density at radius 2 is 2.20 bits per heavy atom. The standard InChI is InChI=1S/C11H19N3O/c1-2-5-14(6-3-1)7-4-12-8-11-9-13-15-10-11/h9-10,12H,1-8H2.